The largest absolute Gasteiger partial charge is 0.416 e. The minimum atomic E-state index is -4.50. The molecule has 0 aliphatic carbocycles. The van der Waals surface area contributed by atoms with E-state index in [2.05, 4.69) is 25.9 Å². The number of urea groups is 1. The Hall–Kier alpha value is -3.95. The van der Waals surface area contributed by atoms with Gasteiger partial charge < -0.3 is 16.0 Å². The first-order valence-corrected chi connectivity index (χ1v) is 10.1. The third-order valence-corrected chi connectivity index (χ3v) is 4.59. The predicted octanol–water partition coefficient (Wildman–Crippen LogP) is 5.68. The second kappa shape index (κ2) is 9.68. The van der Waals surface area contributed by atoms with E-state index in [0.29, 0.717) is 28.3 Å². The molecule has 0 aliphatic rings. The van der Waals surface area contributed by atoms with Crippen molar-refractivity contribution in [1.82, 2.24) is 9.97 Å². The Morgan fingerprint density at radius 2 is 1.67 bits per heavy atom. The minimum absolute atomic E-state index is 0.0189. The van der Waals surface area contributed by atoms with Crippen molar-refractivity contribution in [2.75, 3.05) is 16.0 Å². The molecule has 0 saturated carbocycles. The molecule has 0 spiro atoms. The van der Waals surface area contributed by atoms with Crippen molar-refractivity contribution in [3.05, 3.63) is 77.2 Å². The molecule has 3 rings (SSSR count). The molecule has 0 radical (unpaired) electrons. The monoisotopic (exact) mass is 456 g/mol. The molecule has 2 amide bonds. The first-order valence-electron chi connectivity index (χ1n) is 10.1. The van der Waals surface area contributed by atoms with Gasteiger partial charge >= 0.3 is 12.2 Å². The number of aryl methyl sites for hydroxylation is 1. The van der Waals surface area contributed by atoms with E-state index in [1.165, 1.54) is 18.5 Å². The summed E-state index contributed by atoms with van der Waals surface area (Å²) in [5.41, 5.74) is 1.62. The van der Waals surface area contributed by atoms with Gasteiger partial charge in [-0.15, -0.1) is 0 Å². The van der Waals surface area contributed by atoms with Crippen LogP contribution in [-0.2, 0) is 6.18 Å². The van der Waals surface area contributed by atoms with Crippen molar-refractivity contribution < 1.29 is 18.0 Å². The lowest BCUT2D eigenvalue weighted by Crippen LogP contribution is -2.20. The number of nitrogens with one attached hydrogen (secondary N) is 4. The van der Waals surface area contributed by atoms with E-state index in [1.807, 2.05) is 13.8 Å². The summed E-state index contributed by atoms with van der Waals surface area (Å²) in [6.45, 7) is 5.73. The van der Waals surface area contributed by atoms with Gasteiger partial charge in [0, 0.05) is 23.0 Å². The lowest BCUT2D eigenvalue weighted by Gasteiger charge is -2.16. The summed E-state index contributed by atoms with van der Waals surface area (Å²) in [4.78, 5) is 20.6. The molecule has 0 unspecified atom stereocenters. The maximum Gasteiger partial charge on any atom is 0.416 e. The van der Waals surface area contributed by atoms with Crippen LogP contribution in [0.3, 0.4) is 0 Å². The number of halogens is 3. The van der Waals surface area contributed by atoms with Gasteiger partial charge in [-0.1, -0.05) is 18.2 Å². The van der Waals surface area contributed by atoms with Crippen LogP contribution in [0.4, 0.5) is 35.2 Å². The molecule has 0 bridgehead atoms. The van der Waals surface area contributed by atoms with Crippen LogP contribution in [0.1, 0.15) is 36.2 Å². The first-order chi connectivity index (χ1) is 15.5. The Labute approximate surface area is 189 Å². The van der Waals surface area contributed by atoms with Gasteiger partial charge in [0.15, 0.2) is 0 Å². The Morgan fingerprint density at radius 3 is 2.30 bits per heavy atom. The zero-order valence-corrected chi connectivity index (χ0v) is 18.2. The number of nitrogens with zero attached hydrogens (tertiary/aromatic N) is 2. The third kappa shape index (κ3) is 6.06. The number of alkyl halides is 3. The van der Waals surface area contributed by atoms with Gasteiger partial charge in [-0.05, 0) is 51.1 Å². The van der Waals surface area contributed by atoms with Gasteiger partial charge in [-0.3, -0.25) is 5.41 Å². The summed E-state index contributed by atoms with van der Waals surface area (Å²) in [5, 5.41) is 16.8. The fraction of sp³-hybridized carbons (Fsp3) is 0.217. The minimum Gasteiger partial charge on any atom is -0.367 e. The summed E-state index contributed by atoms with van der Waals surface area (Å²) >= 11 is 0. The number of carbonyl (C=O) groups excluding carboxylic acids is 1. The van der Waals surface area contributed by atoms with Gasteiger partial charge in [-0.2, -0.15) is 13.2 Å². The number of carbonyl (C=O) groups is 1. The average Bonchev–Trinajstić information content (AvgIpc) is 2.73. The van der Waals surface area contributed by atoms with E-state index in [4.69, 9.17) is 5.41 Å². The van der Waals surface area contributed by atoms with Crippen LogP contribution in [0.5, 0.6) is 0 Å². The van der Waals surface area contributed by atoms with E-state index >= 15 is 0 Å². The molecule has 3 aromatic rings. The highest BCUT2D eigenvalue weighted by molar-refractivity contribution is 6.14. The molecular formula is C23H23F3N6O. The van der Waals surface area contributed by atoms with Crippen LogP contribution < -0.4 is 16.0 Å². The van der Waals surface area contributed by atoms with Crippen molar-refractivity contribution in [3.63, 3.8) is 0 Å². The van der Waals surface area contributed by atoms with E-state index in [-0.39, 0.29) is 17.4 Å². The van der Waals surface area contributed by atoms with Crippen molar-refractivity contribution in [2.24, 2.45) is 0 Å². The lowest BCUT2D eigenvalue weighted by molar-refractivity contribution is -0.137. The number of amides is 2. The fourth-order valence-corrected chi connectivity index (χ4v) is 3.09. The standard InChI is InChI=1S/C23H23F3N6O/c1-13(2)30-21-19(14(3)28-12-29-21)20(27)15-7-9-17(10-8-15)31-22(33)32-18-6-4-5-16(11-18)23(24,25)26/h4-13,27H,1-3H3,(H,28,29,30)(H2,31,32,33). The zero-order chi connectivity index (χ0) is 24.2. The normalized spacial score (nSPS) is 11.2. The van der Waals surface area contributed by atoms with Crippen molar-refractivity contribution in [3.8, 4) is 0 Å². The highest BCUT2D eigenvalue weighted by Crippen LogP contribution is 2.30. The molecule has 1 aromatic heterocycles. The fourth-order valence-electron chi connectivity index (χ4n) is 3.09. The summed E-state index contributed by atoms with van der Waals surface area (Å²) in [7, 11) is 0. The molecule has 10 heteroatoms. The number of hydrogen-bond acceptors (Lipinski definition) is 5. The van der Waals surface area contributed by atoms with Crippen LogP contribution in [0.2, 0.25) is 0 Å². The number of anilines is 3. The Bertz CT molecular complexity index is 1160. The Kier molecular flexibility index (Phi) is 6.95. The summed E-state index contributed by atoms with van der Waals surface area (Å²) < 4.78 is 38.5. The van der Waals surface area contributed by atoms with Crippen molar-refractivity contribution in [1.29, 1.82) is 5.41 Å². The predicted molar refractivity (Wildman–Crippen MR) is 122 cm³/mol. The van der Waals surface area contributed by atoms with Crippen molar-refractivity contribution >= 4 is 28.9 Å². The molecule has 0 atom stereocenters. The molecule has 2 aromatic carbocycles. The third-order valence-electron chi connectivity index (χ3n) is 4.59. The number of aromatic nitrogens is 2. The van der Waals surface area contributed by atoms with E-state index in [0.717, 1.165) is 12.1 Å². The molecule has 172 valence electrons. The first kappa shape index (κ1) is 23.7. The van der Waals surface area contributed by atoms with Crippen LogP contribution in [0.15, 0.2) is 54.9 Å². The Morgan fingerprint density at radius 1 is 1.00 bits per heavy atom. The lowest BCUT2D eigenvalue weighted by atomic mass is 10.0. The van der Waals surface area contributed by atoms with Gasteiger partial charge in [-0.25, -0.2) is 14.8 Å². The second-order valence-electron chi connectivity index (χ2n) is 7.59. The molecular weight excluding hydrogens is 433 g/mol. The highest BCUT2D eigenvalue weighted by Gasteiger charge is 2.30. The van der Waals surface area contributed by atoms with E-state index in [1.54, 1.807) is 31.2 Å². The van der Waals surface area contributed by atoms with E-state index < -0.39 is 17.8 Å². The van der Waals surface area contributed by atoms with Gasteiger partial charge in [0.2, 0.25) is 0 Å². The molecule has 4 N–H and O–H groups in total. The van der Waals surface area contributed by atoms with Crippen molar-refractivity contribution in [2.45, 2.75) is 33.0 Å². The maximum absolute atomic E-state index is 12.8. The zero-order valence-electron chi connectivity index (χ0n) is 18.2. The van der Waals surface area contributed by atoms with E-state index in [9.17, 15) is 18.0 Å². The number of hydrogen-bond donors (Lipinski definition) is 4. The molecule has 0 saturated heterocycles. The quantitative estimate of drug-likeness (QED) is 0.358. The Balaban J connectivity index is 1.71. The van der Waals surface area contributed by atoms with Crippen LogP contribution in [0, 0.1) is 12.3 Å². The topological polar surface area (TPSA) is 103 Å². The molecule has 33 heavy (non-hydrogen) atoms. The van der Waals surface area contributed by atoms with Gasteiger partial charge in [0.05, 0.1) is 22.5 Å². The van der Waals surface area contributed by atoms with Crippen LogP contribution >= 0.6 is 0 Å². The average molecular weight is 456 g/mol. The van der Waals surface area contributed by atoms with Crippen LogP contribution in [0.25, 0.3) is 0 Å². The smallest absolute Gasteiger partial charge is 0.367 e. The number of benzene rings is 2. The van der Waals surface area contributed by atoms with Gasteiger partial charge in [0.1, 0.15) is 12.1 Å². The molecule has 0 aliphatic heterocycles. The molecule has 0 fully saturated rings. The number of rotatable bonds is 6. The summed E-state index contributed by atoms with van der Waals surface area (Å²) in [5.74, 6) is 0.560. The second-order valence-corrected chi connectivity index (χ2v) is 7.59. The summed E-state index contributed by atoms with van der Waals surface area (Å²) in [6, 6.07) is 10.3. The van der Waals surface area contributed by atoms with Gasteiger partial charge in [0.25, 0.3) is 0 Å². The van der Waals surface area contributed by atoms with Crippen LogP contribution in [-0.4, -0.2) is 27.8 Å². The summed E-state index contributed by atoms with van der Waals surface area (Å²) in [6.07, 6.45) is -3.06. The highest BCUT2D eigenvalue weighted by atomic mass is 19.4. The SMILES string of the molecule is Cc1ncnc(NC(C)C)c1C(=N)c1ccc(NC(=O)Nc2cccc(C(F)(F)F)c2)cc1. The maximum atomic E-state index is 12.8. The molecule has 7 nitrogen and oxygen atoms in total. The molecule has 1 heterocycles.